The van der Waals surface area contributed by atoms with Gasteiger partial charge in [0.15, 0.2) is 0 Å². The number of nitrogens with one attached hydrogen (secondary N) is 1. The smallest absolute Gasteiger partial charge is 0.122 e. The maximum Gasteiger partial charge on any atom is 0.122 e. The SMILES string of the molecule is CC1(C)CNCCN1CC1CCOc2ccccc21. The number of nitrogens with zero attached hydrogens (tertiary/aromatic N) is 1. The molecule has 1 aromatic carbocycles. The molecule has 1 N–H and O–H groups in total. The van der Waals surface area contributed by atoms with Crippen molar-refractivity contribution >= 4 is 0 Å². The topological polar surface area (TPSA) is 24.5 Å². The van der Waals surface area contributed by atoms with Gasteiger partial charge in [-0.2, -0.15) is 0 Å². The van der Waals surface area contributed by atoms with Crippen LogP contribution in [0.4, 0.5) is 0 Å². The van der Waals surface area contributed by atoms with E-state index in [1.54, 1.807) is 0 Å². The molecule has 2 aliphatic rings. The second kappa shape index (κ2) is 5.14. The van der Waals surface area contributed by atoms with Crippen LogP contribution >= 0.6 is 0 Å². The Hall–Kier alpha value is -1.06. The van der Waals surface area contributed by atoms with Gasteiger partial charge >= 0.3 is 0 Å². The number of benzene rings is 1. The number of hydrogen-bond donors (Lipinski definition) is 1. The van der Waals surface area contributed by atoms with E-state index < -0.39 is 0 Å². The van der Waals surface area contributed by atoms with Gasteiger partial charge < -0.3 is 10.1 Å². The second-order valence-corrected chi connectivity index (χ2v) is 6.31. The van der Waals surface area contributed by atoms with Crippen LogP contribution in [0.25, 0.3) is 0 Å². The molecule has 3 nitrogen and oxygen atoms in total. The van der Waals surface area contributed by atoms with Gasteiger partial charge in [-0.1, -0.05) is 18.2 Å². The van der Waals surface area contributed by atoms with Gasteiger partial charge in [0.1, 0.15) is 5.75 Å². The quantitative estimate of drug-likeness (QED) is 0.882. The maximum atomic E-state index is 5.76. The fourth-order valence-corrected chi connectivity index (χ4v) is 3.23. The van der Waals surface area contributed by atoms with Crippen molar-refractivity contribution in [1.82, 2.24) is 10.2 Å². The highest BCUT2D eigenvalue weighted by atomic mass is 16.5. The van der Waals surface area contributed by atoms with Crippen LogP contribution in [0.2, 0.25) is 0 Å². The van der Waals surface area contributed by atoms with Crippen molar-refractivity contribution in [2.24, 2.45) is 0 Å². The third kappa shape index (κ3) is 2.63. The predicted octanol–water partition coefficient (Wildman–Crippen LogP) is 2.24. The summed E-state index contributed by atoms with van der Waals surface area (Å²) in [5, 5.41) is 3.50. The Labute approximate surface area is 115 Å². The number of rotatable bonds is 2. The number of para-hydroxylation sites is 1. The van der Waals surface area contributed by atoms with Crippen molar-refractivity contribution in [2.75, 3.05) is 32.8 Å². The van der Waals surface area contributed by atoms with Gasteiger partial charge in [-0.05, 0) is 31.9 Å². The number of hydrogen-bond acceptors (Lipinski definition) is 3. The second-order valence-electron chi connectivity index (χ2n) is 6.31. The van der Waals surface area contributed by atoms with E-state index in [1.807, 2.05) is 0 Å². The Bertz CT molecular complexity index is 444. The lowest BCUT2D eigenvalue weighted by molar-refractivity contribution is 0.0771. The summed E-state index contributed by atoms with van der Waals surface area (Å²) in [6.45, 7) is 10.0. The van der Waals surface area contributed by atoms with Crippen molar-refractivity contribution in [2.45, 2.75) is 31.7 Å². The summed E-state index contributed by atoms with van der Waals surface area (Å²) < 4.78 is 5.76. The van der Waals surface area contributed by atoms with Crippen LogP contribution < -0.4 is 10.1 Å². The molecule has 104 valence electrons. The van der Waals surface area contributed by atoms with Gasteiger partial charge in [-0.15, -0.1) is 0 Å². The van der Waals surface area contributed by atoms with Gasteiger partial charge in [0.25, 0.3) is 0 Å². The molecule has 3 heteroatoms. The Morgan fingerprint density at radius 1 is 1.37 bits per heavy atom. The van der Waals surface area contributed by atoms with Gasteiger partial charge in [-0.25, -0.2) is 0 Å². The normalized spacial score (nSPS) is 26.5. The van der Waals surface area contributed by atoms with Crippen molar-refractivity contribution < 1.29 is 4.74 Å². The van der Waals surface area contributed by atoms with Crippen LogP contribution in [-0.2, 0) is 0 Å². The van der Waals surface area contributed by atoms with E-state index in [0.717, 1.165) is 45.0 Å². The highest BCUT2D eigenvalue weighted by molar-refractivity contribution is 5.38. The van der Waals surface area contributed by atoms with Crippen LogP contribution in [-0.4, -0.2) is 43.2 Å². The molecule has 0 bridgehead atoms. The molecule has 0 aromatic heterocycles. The molecule has 1 fully saturated rings. The number of piperazine rings is 1. The predicted molar refractivity (Wildman–Crippen MR) is 77.8 cm³/mol. The molecule has 0 radical (unpaired) electrons. The zero-order valence-electron chi connectivity index (χ0n) is 12.0. The molecule has 0 aliphatic carbocycles. The molecular formula is C16H24N2O. The van der Waals surface area contributed by atoms with E-state index in [4.69, 9.17) is 4.74 Å². The Kier molecular flexibility index (Phi) is 3.50. The minimum Gasteiger partial charge on any atom is -0.493 e. The maximum absolute atomic E-state index is 5.76. The minimum atomic E-state index is 0.255. The minimum absolute atomic E-state index is 0.255. The summed E-state index contributed by atoms with van der Waals surface area (Å²) in [5.74, 6) is 1.70. The zero-order chi connectivity index (χ0) is 13.3. The number of fused-ring (bicyclic) bond motifs is 1. The van der Waals surface area contributed by atoms with Gasteiger partial charge in [0.05, 0.1) is 6.61 Å². The highest BCUT2D eigenvalue weighted by Crippen LogP contribution is 2.35. The molecule has 2 aliphatic heterocycles. The lowest BCUT2D eigenvalue weighted by Gasteiger charge is -2.45. The summed E-state index contributed by atoms with van der Waals surface area (Å²) in [5.41, 5.74) is 1.65. The average molecular weight is 260 g/mol. The Balaban J connectivity index is 1.77. The summed E-state index contributed by atoms with van der Waals surface area (Å²) in [4.78, 5) is 2.64. The van der Waals surface area contributed by atoms with E-state index in [-0.39, 0.29) is 5.54 Å². The van der Waals surface area contributed by atoms with Crippen molar-refractivity contribution in [3.63, 3.8) is 0 Å². The first kappa shape index (κ1) is 12.9. The van der Waals surface area contributed by atoms with Gasteiger partial charge in [0.2, 0.25) is 0 Å². The van der Waals surface area contributed by atoms with E-state index in [1.165, 1.54) is 5.56 Å². The summed E-state index contributed by atoms with van der Waals surface area (Å²) in [6.07, 6.45) is 1.14. The van der Waals surface area contributed by atoms with Gasteiger partial charge in [0, 0.05) is 37.6 Å². The number of ether oxygens (including phenoxy) is 1. The molecule has 3 rings (SSSR count). The largest absolute Gasteiger partial charge is 0.493 e. The fraction of sp³-hybridized carbons (Fsp3) is 0.625. The third-order valence-electron chi connectivity index (χ3n) is 4.50. The molecule has 1 unspecified atom stereocenters. The van der Waals surface area contributed by atoms with E-state index in [0.29, 0.717) is 5.92 Å². The van der Waals surface area contributed by atoms with E-state index in [9.17, 15) is 0 Å². The molecule has 0 spiro atoms. The van der Waals surface area contributed by atoms with Crippen molar-refractivity contribution in [3.05, 3.63) is 29.8 Å². The summed E-state index contributed by atoms with van der Waals surface area (Å²) in [7, 11) is 0. The molecule has 1 aromatic rings. The Morgan fingerprint density at radius 3 is 3.05 bits per heavy atom. The van der Waals surface area contributed by atoms with Gasteiger partial charge in [-0.3, -0.25) is 4.90 Å². The molecule has 19 heavy (non-hydrogen) atoms. The first-order valence-electron chi connectivity index (χ1n) is 7.34. The first-order valence-corrected chi connectivity index (χ1v) is 7.34. The molecule has 1 atom stereocenters. The molecule has 2 heterocycles. The summed E-state index contributed by atoms with van der Waals surface area (Å²) >= 11 is 0. The first-order chi connectivity index (χ1) is 9.17. The third-order valence-corrected chi connectivity index (χ3v) is 4.50. The highest BCUT2D eigenvalue weighted by Gasteiger charge is 2.32. The van der Waals surface area contributed by atoms with Crippen LogP contribution in [0.5, 0.6) is 5.75 Å². The summed E-state index contributed by atoms with van der Waals surface area (Å²) in [6, 6.07) is 8.53. The Morgan fingerprint density at radius 2 is 2.21 bits per heavy atom. The lowest BCUT2D eigenvalue weighted by Crippen LogP contribution is -2.58. The lowest BCUT2D eigenvalue weighted by atomic mass is 9.90. The monoisotopic (exact) mass is 260 g/mol. The standard InChI is InChI=1S/C16H24N2O/c1-16(2)12-17-8-9-18(16)11-13-7-10-19-15-6-4-3-5-14(13)15/h3-6,13,17H,7-12H2,1-2H3. The molecule has 0 saturated carbocycles. The molecule has 0 amide bonds. The van der Waals surface area contributed by atoms with Crippen LogP contribution in [0.3, 0.4) is 0 Å². The van der Waals surface area contributed by atoms with Crippen molar-refractivity contribution in [1.29, 1.82) is 0 Å². The molecule has 1 saturated heterocycles. The van der Waals surface area contributed by atoms with Crippen molar-refractivity contribution in [3.8, 4) is 5.75 Å². The fourth-order valence-electron chi connectivity index (χ4n) is 3.23. The average Bonchev–Trinajstić information content (AvgIpc) is 2.41. The zero-order valence-corrected chi connectivity index (χ0v) is 12.0. The van der Waals surface area contributed by atoms with Crippen LogP contribution in [0, 0.1) is 0 Å². The van der Waals surface area contributed by atoms with Crippen LogP contribution in [0.1, 0.15) is 31.7 Å². The van der Waals surface area contributed by atoms with E-state index >= 15 is 0 Å². The molecular weight excluding hydrogens is 236 g/mol. The van der Waals surface area contributed by atoms with E-state index in [2.05, 4.69) is 48.3 Å². The van der Waals surface area contributed by atoms with Crippen LogP contribution in [0.15, 0.2) is 24.3 Å².